The van der Waals surface area contributed by atoms with Crippen LogP contribution in [0.1, 0.15) is 39.0 Å². The van der Waals surface area contributed by atoms with E-state index >= 15 is 0 Å². The van der Waals surface area contributed by atoms with Crippen molar-refractivity contribution >= 4 is 11.9 Å². The molecule has 0 spiro atoms. The van der Waals surface area contributed by atoms with Crippen LogP contribution in [0.2, 0.25) is 0 Å². The van der Waals surface area contributed by atoms with Gasteiger partial charge in [-0.25, -0.2) is 0 Å². The number of hydrogen-bond donors (Lipinski definition) is 1. The van der Waals surface area contributed by atoms with Gasteiger partial charge in [0.05, 0.1) is 6.42 Å². The van der Waals surface area contributed by atoms with Crippen LogP contribution in [0.15, 0.2) is 12.2 Å². The van der Waals surface area contributed by atoms with E-state index in [-0.39, 0.29) is 24.2 Å². The molecule has 1 aliphatic rings. The van der Waals surface area contributed by atoms with Crippen LogP contribution in [0.25, 0.3) is 0 Å². The molecule has 0 aromatic rings. The molecule has 4 nitrogen and oxygen atoms in total. The lowest BCUT2D eigenvalue weighted by atomic mass is 9.85. The number of allylic oxidation sites excluding steroid dienone is 1. The fraction of sp³-hybridized carbons (Fsp3) is 0.692. The highest BCUT2D eigenvalue weighted by molar-refractivity contribution is 5.80. The molecule has 0 unspecified atom stereocenters. The summed E-state index contributed by atoms with van der Waals surface area (Å²) in [7, 11) is 0. The minimum Gasteiger partial charge on any atom is -0.461 e. The van der Waals surface area contributed by atoms with Crippen molar-refractivity contribution in [2.24, 2.45) is 5.92 Å². The number of ether oxygens (including phenoxy) is 1. The van der Waals surface area contributed by atoms with E-state index in [1.807, 2.05) is 19.1 Å². The SMILES string of the molecule is CC/C=C\COC(=O)CCNC(=O)C1CCC1. The van der Waals surface area contributed by atoms with E-state index in [2.05, 4.69) is 5.32 Å². The summed E-state index contributed by atoms with van der Waals surface area (Å²) in [5.41, 5.74) is 0. The number of esters is 1. The standard InChI is InChI=1S/C13H21NO3/c1-2-3-4-10-17-12(15)8-9-14-13(16)11-6-5-7-11/h3-4,11H,2,5-10H2,1H3,(H,14,16)/b4-3-. The van der Waals surface area contributed by atoms with E-state index in [1.54, 1.807) is 0 Å². The minimum atomic E-state index is -0.264. The smallest absolute Gasteiger partial charge is 0.307 e. The van der Waals surface area contributed by atoms with E-state index in [0.29, 0.717) is 13.2 Å². The van der Waals surface area contributed by atoms with Crippen LogP contribution in [0.5, 0.6) is 0 Å². The van der Waals surface area contributed by atoms with E-state index in [9.17, 15) is 9.59 Å². The van der Waals surface area contributed by atoms with Gasteiger partial charge in [0.1, 0.15) is 6.61 Å². The average molecular weight is 239 g/mol. The summed E-state index contributed by atoms with van der Waals surface area (Å²) in [6.07, 6.45) is 8.07. The Morgan fingerprint density at radius 2 is 2.12 bits per heavy atom. The molecule has 0 saturated heterocycles. The number of amides is 1. The fourth-order valence-corrected chi connectivity index (χ4v) is 1.55. The lowest BCUT2D eigenvalue weighted by Gasteiger charge is -2.23. The second-order valence-corrected chi connectivity index (χ2v) is 4.23. The van der Waals surface area contributed by atoms with Crippen molar-refractivity contribution in [1.82, 2.24) is 5.32 Å². The van der Waals surface area contributed by atoms with Crippen molar-refractivity contribution in [3.63, 3.8) is 0 Å². The number of nitrogens with one attached hydrogen (secondary N) is 1. The third-order valence-electron chi connectivity index (χ3n) is 2.85. The molecule has 0 atom stereocenters. The highest BCUT2D eigenvalue weighted by Gasteiger charge is 2.24. The Kier molecular flexibility index (Phi) is 6.37. The third-order valence-corrected chi connectivity index (χ3v) is 2.85. The van der Waals surface area contributed by atoms with Gasteiger partial charge in [0.25, 0.3) is 0 Å². The van der Waals surface area contributed by atoms with Crippen molar-refractivity contribution in [3.8, 4) is 0 Å². The molecule has 17 heavy (non-hydrogen) atoms. The van der Waals surface area contributed by atoms with E-state index in [0.717, 1.165) is 25.7 Å². The lowest BCUT2D eigenvalue weighted by Crippen LogP contribution is -2.35. The molecule has 1 amide bonds. The van der Waals surface area contributed by atoms with Crippen LogP contribution < -0.4 is 5.32 Å². The number of rotatable bonds is 7. The molecular weight excluding hydrogens is 218 g/mol. The Morgan fingerprint density at radius 3 is 2.71 bits per heavy atom. The van der Waals surface area contributed by atoms with Gasteiger partial charge in [0, 0.05) is 12.5 Å². The van der Waals surface area contributed by atoms with Gasteiger partial charge >= 0.3 is 5.97 Å². The second-order valence-electron chi connectivity index (χ2n) is 4.23. The third kappa shape index (κ3) is 5.52. The zero-order valence-corrected chi connectivity index (χ0v) is 10.4. The molecule has 4 heteroatoms. The summed E-state index contributed by atoms with van der Waals surface area (Å²) in [5.74, 6) is -0.00639. The number of carbonyl (C=O) groups excluding carboxylic acids is 2. The Morgan fingerprint density at radius 1 is 1.35 bits per heavy atom. The predicted octanol–water partition coefficient (Wildman–Crippen LogP) is 1.80. The van der Waals surface area contributed by atoms with Gasteiger partial charge in [0.15, 0.2) is 0 Å². The summed E-state index contributed by atoms with van der Waals surface area (Å²) in [4.78, 5) is 22.7. The topological polar surface area (TPSA) is 55.4 Å². The Balaban J connectivity index is 1.99. The summed E-state index contributed by atoms with van der Waals surface area (Å²) >= 11 is 0. The van der Waals surface area contributed by atoms with Gasteiger partial charge in [-0.05, 0) is 19.3 Å². The molecule has 96 valence electrons. The van der Waals surface area contributed by atoms with Gasteiger partial charge in [-0.3, -0.25) is 9.59 Å². The maximum atomic E-state index is 11.4. The average Bonchev–Trinajstić information content (AvgIpc) is 2.22. The molecule has 0 aromatic heterocycles. The molecule has 1 fully saturated rings. The molecule has 0 heterocycles. The van der Waals surface area contributed by atoms with Gasteiger partial charge in [0.2, 0.25) is 5.91 Å². The minimum absolute atomic E-state index is 0.0786. The Hall–Kier alpha value is -1.32. The number of hydrogen-bond acceptors (Lipinski definition) is 3. The second kappa shape index (κ2) is 7.87. The maximum absolute atomic E-state index is 11.4. The van der Waals surface area contributed by atoms with Gasteiger partial charge < -0.3 is 10.1 Å². The van der Waals surface area contributed by atoms with Crippen molar-refractivity contribution in [3.05, 3.63) is 12.2 Å². The summed E-state index contributed by atoms with van der Waals surface area (Å²) in [6.45, 7) is 2.73. The van der Waals surface area contributed by atoms with Crippen molar-refractivity contribution < 1.29 is 14.3 Å². The molecule has 0 bridgehead atoms. The predicted molar refractivity (Wildman–Crippen MR) is 65.4 cm³/mol. The molecule has 1 N–H and O–H groups in total. The van der Waals surface area contributed by atoms with Gasteiger partial charge in [-0.15, -0.1) is 0 Å². The van der Waals surface area contributed by atoms with Gasteiger partial charge in [-0.1, -0.05) is 25.5 Å². The zero-order chi connectivity index (χ0) is 12.5. The van der Waals surface area contributed by atoms with Gasteiger partial charge in [-0.2, -0.15) is 0 Å². The van der Waals surface area contributed by atoms with Crippen molar-refractivity contribution in [2.75, 3.05) is 13.2 Å². The Labute approximate surface area is 102 Å². The van der Waals surface area contributed by atoms with Crippen molar-refractivity contribution in [2.45, 2.75) is 39.0 Å². The first kappa shape index (κ1) is 13.7. The van der Waals surface area contributed by atoms with Crippen LogP contribution in [-0.2, 0) is 14.3 Å². The van der Waals surface area contributed by atoms with Crippen LogP contribution in [-0.4, -0.2) is 25.0 Å². The molecule has 1 aliphatic carbocycles. The lowest BCUT2D eigenvalue weighted by molar-refractivity contribution is -0.142. The zero-order valence-electron chi connectivity index (χ0n) is 10.4. The summed E-state index contributed by atoms with van der Waals surface area (Å²) < 4.78 is 4.95. The molecular formula is C13H21NO3. The van der Waals surface area contributed by atoms with Crippen LogP contribution in [0.4, 0.5) is 0 Å². The van der Waals surface area contributed by atoms with Crippen LogP contribution in [0, 0.1) is 5.92 Å². The first-order valence-corrected chi connectivity index (χ1v) is 6.32. The van der Waals surface area contributed by atoms with E-state index in [1.165, 1.54) is 0 Å². The highest BCUT2D eigenvalue weighted by Crippen LogP contribution is 2.25. The van der Waals surface area contributed by atoms with Crippen LogP contribution in [0.3, 0.4) is 0 Å². The largest absolute Gasteiger partial charge is 0.461 e. The first-order chi connectivity index (χ1) is 8.24. The quantitative estimate of drug-likeness (QED) is 0.544. The molecule has 1 saturated carbocycles. The Bertz CT molecular complexity index is 282. The highest BCUT2D eigenvalue weighted by atomic mass is 16.5. The molecule has 1 rings (SSSR count). The molecule has 0 aromatic carbocycles. The van der Waals surface area contributed by atoms with Crippen molar-refractivity contribution in [1.29, 1.82) is 0 Å². The summed E-state index contributed by atoms with van der Waals surface area (Å²) in [6, 6.07) is 0. The first-order valence-electron chi connectivity index (χ1n) is 6.32. The number of carbonyl (C=O) groups is 2. The van der Waals surface area contributed by atoms with E-state index in [4.69, 9.17) is 4.74 Å². The monoisotopic (exact) mass is 239 g/mol. The normalized spacial score (nSPS) is 15.6. The fourth-order valence-electron chi connectivity index (χ4n) is 1.55. The van der Waals surface area contributed by atoms with Crippen LogP contribution >= 0.6 is 0 Å². The maximum Gasteiger partial charge on any atom is 0.307 e. The molecule has 0 aliphatic heterocycles. The summed E-state index contributed by atoms with van der Waals surface area (Å²) in [5, 5.41) is 2.76. The van der Waals surface area contributed by atoms with E-state index < -0.39 is 0 Å². The molecule has 0 radical (unpaired) electrons.